The van der Waals surface area contributed by atoms with E-state index in [0.717, 1.165) is 18.3 Å². The van der Waals surface area contributed by atoms with E-state index >= 15 is 0 Å². The summed E-state index contributed by atoms with van der Waals surface area (Å²) in [5, 5.41) is 10.2. The van der Waals surface area contributed by atoms with E-state index < -0.39 is 5.60 Å². The monoisotopic (exact) mass is 251 g/mol. The van der Waals surface area contributed by atoms with Gasteiger partial charge in [-0.25, -0.2) is 0 Å². The SMILES string of the molecule is CC(C)C1(O)CN(C(=O)CC2CC3CCC2C3)C1. The molecule has 2 bridgehead atoms. The summed E-state index contributed by atoms with van der Waals surface area (Å²) < 4.78 is 0. The third kappa shape index (κ3) is 1.97. The minimum atomic E-state index is -0.621. The number of hydrogen-bond donors (Lipinski definition) is 1. The fraction of sp³-hybridized carbons (Fsp3) is 0.933. The maximum absolute atomic E-state index is 12.2. The van der Waals surface area contributed by atoms with Crippen LogP contribution in [0.3, 0.4) is 0 Å². The minimum absolute atomic E-state index is 0.240. The van der Waals surface area contributed by atoms with Crippen LogP contribution in [0.1, 0.15) is 46.0 Å². The summed E-state index contributed by atoms with van der Waals surface area (Å²) in [6.45, 7) is 5.14. The summed E-state index contributed by atoms with van der Waals surface area (Å²) in [7, 11) is 0. The summed E-state index contributed by atoms with van der Waals surface area (Å²) >= 11 is 0. The van der Waals surface area contributed by atoms with Crippen LogP contribution in [-0.2, 0) is 4.79 Å². The quantitative estimate of drug-likeness (QED) is 0.834. The third-order valence-corrected chi connectivity index (χ3v) is 5.68. The number of rotatable bonds is 3. The van der Waals surface area contributed by atoms with Crippen LogP contribution in [0, 0.1) is 23.7 Å². The molecule has 0 aromatic heterocycles. The molecule has 1 amide bonds. The van der Waals surface area contributed by atoms with Crippen molar-refractivity contribution in [1.82, 2.24) is 4.90 Å². The first-order chi connectivity index (χ1) is 8.48. The highest BCUT2D eigenvalue weighted by Crippen LogP contribution is 2.49. The molecule has 3 heteroatoms. The van der Waals surface area contributed by atoms with Crippen molar-refractivity contribution in [3.05, 3.63) is 0 Å². The number of aliphatic hydroxyl groups is 1. The highest BCUT2D eigenvalue weighted by atomic mass is 16.3. The predicted octanol–water partition coefficient (Wildman–Crippen LogP) is 2.04. The van der Waals surface area contributed by atoms with Gasteiger partial charge in [-0.3, -0.25) is 4.79 Å². The fourth-order valence-electron chi connectivity index (χ4n) is 4.14. The Kier molecular flexibility index (Phi) is 2.92. The molecule has 3 atom stereocenters. The standard InChI is InChI=1S/C15H25NO2/c1-10(2)15(18)8-16(9-15)14(17)7-13-6-11-3-4-12(13)5-11/h10-13,18H,3-9H2,1-2H3. The Hall–Kier alpha value is -0.570. The van der Waals surface area contributed by atoms with Crippen LogP contribution in [0.2, 0.25) is 0 Å². The molecule has 3 unspecified atom stereocenters. The van der Waals surface area contributed by atoms with E-state index in [0.29, 0.717) is 19.0 Å². The molecular formula is C15H25NO2. The van der Waals surface area contributed by atoms with Crippen LogP contribution in [-0.4, -0.2) is 34.6 Å². The lowest BCUT2D eigenvalue weighted by atomic mass is 9.81. The van der Waals surface area contributed by atoms with Crippen molar-refractivity contribution in [3.63, 3.8) is 0 Å². The van der Waals surface area contributed by atoms with Crippen LogP contribution >= 0.6 is 0 Å². The first-order valence-electron chi connectivity index (χ1n) is 7.48. The summed E-state index contributed by atoms with van der Waals surface area (Å²) in [6.07, 6.45) is 6.12. The molecule has 3 nitrogen and oxygen atoms in total. The first kappa shape index (κ1) is 12.5. The lowest BCUT2D eigenvalue weighted by Gasteiger charge is -2.49. The lowest BCUT2D eigenvalue weighted by Crippen LogP contribution is -2.66. The van der Waals surface area contributed by atoms with Gasteiger partial charge in [0.05, 0.1) is 13.1 Å². The largest absolute Gasteiger partial charge is 0.386 e. The van der Waals surface area contributed by atoms with Crippen molar-refractivity contribution >= 4 is 5.91 Å². The molecule has 0 aromatic rings. The molecule has 3 aliphatic rings. The second-order valence-electron chi connectivity index (χ2n) is 7.15. The number of carbonyl (C=O) groups is 1. The van der Waals surface area contributed by atoms with E-state index in [4.69, 9.17) is 0 Å². The smallest absolute Gasteiger partial charge is 0.223 e. The molecule has 0 radical (unpaired) electrons. The molecule has 2 saturated carbocycles. The Labute approximate surface area is 110 Å². The Morgan fingerprint density at radius 2 is 2.06 bits per heavy atom. The van der Waals surface area contributed by atoms with Gasteiger partial charge in [0.15, 0.2) is 0 Å². The molecule has 3 fully saturated rings. The maximum Gasteiger partial charge on any atom is 0.223 e. The summed E-state index contributed by atoms with van der Waals surface area (Å²) in [5.74, 6) is 2.90. The van der Waals surface area contributed by atoms with Gasteiger partial charge in [0.25, 0.3) is 0 Å². The minimum Gasteiger partial charge on any atom is -0.386 e. The molecule has 3 rings (SSSR count). The van der Waals surface area contributed by atoms with Crippen molar-refractivity contribution in [2.45, 2.75) is 51.6 Å². The predicted molar refractivity (Wildman–Crippen MR) is 69.9 cm³/mol. The highest BCUT2D eigenvalue weighted by Gasteiger charge is 2.47. The van der Waals surface area contributed by atoms with Crippen molar-refractivity contribution in [3.8, 4) is 0 Å². The van der Waals surface area contributed by atoms with Crippen molar-refractivity contribution in [2.75, 3.05) is 13.1 Å². The number of nitrogens with zero attached hydrogens (tertiary/aromatic N) is 1. The van der Waals surface area contributed by atoms with Gasteiger partial charge in [-0.05, 0) is 42.9 Å². The second-order valence-corrected chi connectivity index (χ2v) is 7.15. The number of likely N-dealkylation sites (tertiary alicyclic amines) is 1. The third-order valence-electron chi connectivity index (χ3n) is 5.68. The molecule has 1 saturated heterocycles. The van der Waals surface area contributed by atoms with Crippen molar-refractivity contribution in [2.24, 2.45) is 23.7 Å². The Morgan fingerprint density at radius 1 is 1.33 bits per heavy atom. The summed E-state index contributed by atoms with van der Waals surface area (Å²) in [5.41, 5.74) is -0.621. The van der Waals surface area contributed by atoms with Gasteiger partial charge in [0.2, 0.25) is 5.91 Å². The molecule has 1 heterocycles. The van der Waals surface area contributed by atoms with Crippen LogP contribution in [0.15, 0.2) is 0 Å². The highest BCUT2D eigenvalue weighted by molar-refractivity contribution is 5.77. The summed E-state index contributed by atoms with van der Waals surface area (Å²) in [4.78, 5) is 14.0. The number of fused-ring (bicyclic) bond motifs is 2. The molecule has 0 aromatic carbocycles. The van der Waals surface area contributed by atoms with E-state index in [1.807, 2.05) is 18.7 Å². The van der Waals surface area contributed by atoms with Crippen LogP contribution in [0.4, 0.5) is 0 Å². The Morgan fingerprint density at radius 3 is 2.56 bits per heavy atom. The van der Waals surface area contributed by atoms with Gasteiger partial charge in [0, 0.05) is 6.42 Å². The van der Waals surface area contributed by atoms with Crippen LogP contribution in [0.5, 0.6) is 0 Å². The van der Waals surface area contributed by atoms with Gasteiger partial charge < -0.3 is 10.0 Å². The first-order valence-corrected chi connectivity index (χ1v) is 7.48. The summed E-state index contributed by atoms with van der Waals surface area (Å²) in [6, 6.07) is 0. The van der Waals surface area contributed by atoms with E-state index in [1.54, 1.807) is 0 Å². The van der Waals surface area contributed by atoms with Crippen molar-refractivity contribution < 1.29 is 9.90 Å². The normalized spacial score (nSPS) is 37.1. The van der Waals surface area contributed by atoms with Crippen LogP contribution in [0.25, 0.3) is 0 Å². The van der Waals surface area contributed by atoms with E-state index in [9.17, 15) is 9.90 Å². The average Bonchev–Trinajstić information content (AvgIpc) is 2.85. The number of amides is 1. The number of carbonyl (C=O) groups excluding carboxylic acids is 1. The average molecular weight is 251 g/mol. The molecule has 102 valence electrons. The fourth-order valence-corrected chi connectivity index (χ4v) is 4.14. The van der Waals surface area contributed by atoms with Gasteiger partial charge in [-0.2, -0.15) is 0 Å². The molecular weight excluding hydrogens is 226 g/mol. The Bertz CT molecular complexity index is 346. The van der Waals surface area contributed by atoms with E-state index in [2.05, 4.69) is 0 Å². The second kappa shape index (κ2) is 4.22. The molecule has 0 spiro atoms. The molecule has 2 aliphatic carbocycles. The van der Waals surface area contributed by atoms with Crippen LogP contribution < -0.4 is 0 Å². The zero-order chi connectivity index (χ0) is 12.9. The van der Waals surface area contributed by atoms with E-state index in [-0.39, 0.29) is 11.8 Å². The van der Waals surface area contributed by atoms with E-state index in [1.165, 1.54) is 25.7 Å². The molecule has 18 heavy (non-hydrogen) atoms. The Balaban J connectivity index is 1.49. The molecule has 1 N–H and O–H groups in total. The zero-order valence-electron chi connectivity index (χ0n) is 11.6. The zero-order valence-corrected chi connectivity index (χ0v) is 11.6. The van der Waals surface area contributed by atoms with Gasteiger partial charge in [-0.15, -0.1) is 0 Å². The van der Waals surface area contributed by atoms with Gasteiger partial charge in [-0.1, -0.05) is 20.3 Å². The molecule has 1 aliphatic heterocycles. The van der Waals surface area contributed by atoms with Gasteiger partial charge in [0.1, 0.15) is 5.60 Å². The number of β-amino-alcohol motifs (C(OH)–C–C–N with tert-alkyl or cyclic N) is 1. The van der Waals surface area contributed by atoms with Crippen molar-refractivity contribution in [1.29, 1.82) is 0 Å². The number of hydrogen-bond acceptors (Lipinski definition) is 2. The maximum atomic E-state index is 12.2. The van der Waals surface area contributed by atoms with Gasteiger partial charge >= 0.3 is 0 Å². The topological polar surface area (TPSA) is 40.5 Å². The lowest BCUT2D eigenvalue weighted by molar-refractivity contribution is -0.165.